The van der Waals surface area contributed by atoms with Crippen molar-refractivity contribution >= 4 is 11.6 Å². The molecule has 0 saturated heterocycles. The number of nitrogens with two attached hydrogens (primary N) is 1. The summed E-state index contributed by atoms with van der Waals surface area (Å²) in [5.74, 6) is 0.701. The smallest absolute Gasteiger partial charge is 0.142 e. The van der Waals surface area contributed by atoms with Gasteiger partial charge < -0.3 is 10.5 Å². The third-order valence-corrected chi connectivity index (χ3v) is 3.16. The van der Waals surface area contributed by atoms with Crippen molar-refractivity contribution in [3.63, 3.8) is 0 Å². The van der Waals surface area contributed by atoms with Crippen molar-refractivity contribution in [1.29, 1.82) is 0 Å². The van der Waals surface area contributed by atoms with Crippen molar-refractivity contribution in [3.8, 4) is 11.5 Å². The predicted molar refractivity (Wildman–Crippen MR) is 75.1 cm³/mol. The lowest BCUT2D eigenvalue weighted by molar-refractivity contribution is 0.480. The molecule has 2 aromatic rings. The first kappa shape index (κ1) is 13.8. The van der Waals surface area contributed by atoms with E-state index in [-0.39, 0.29) is 11.1 Å². The van der Waals surface area contributed by atoms with Gasteiger partial charge in [0.2, 0.25) is 0 Å². The van der Waals surface area contributed by atoms with Crippen LogP contribution >= 0.6 is 11.6 Å². The summed E-state index contributed by atoms with van der Waals surface area (Å²) in [5.41, 5.74) is 7.00. The van der Waals surface area contributed by atoms with Crippen molar-refractivity contribution in [2.75, 3.05) is 0 Å². The summed E-state index contributed by atoms with van der Waals surface area (Å²) in [7, 11) is 0. The molecule has 0 amide bonds. The summed E-state index contributed by atoms with van der Waals surface area (Å²) in [6.07, 6.45) is 0.883. The van der Waals surface area contributed by atoms with Crippen LogP contribution in [-0.2, 0) is 0 Å². The monoisotopic (exact) mass is 279 g/mol. The van der Waals surface area contributed by atoms with Crippen LogP contribution in [0.15, 0.2) is 42.5 Å². The van der Waals surface area contributed by atoms with E-state index in [1.807, 2.05) is 31.2 Å². The lowest BCUT2D eigenvalue weighted by Crippen LogP contribution is -2.07. The Hall–Kier alpha value is -1.58. The molecule has 0 saturated carbocycles. The van der Waals surface area contributed by atoms with Gasteiger partial charge in [-0.2, -0.15) is 0 Å². The van der Waals surface area contributed by atoms with Crippen LogP contribution < -0.4 is 10.5 Å². The second-order valence-electron chi connectivity index (χ2n) is 4.26. The van der Waals surface area contributed by atoms with Gasteiger partial charge in [-0.15, -0.1) is 0 Å². The molecule has 4 heteroatoms. The molecule has 0 radical (unpaired) electrons. The fourth-order valence-electron chi connectivity index (χ4n) is 1.70. The number of halogens is 2. The fraction of sp³-hybridized carbons (Fsp3) is 0.200. The molecule has 0 spiro atoms. The molecule has 0 aliphatic carbocycles. The van der Waals surface area contributed by atoms with Crippen LogP contribution in [-0.4, -0.2) is 0 Å². The molecule has 1 atom stereocenters. The molecule has 0 aliphatic heterocycles. The van der Waals surface area contributed by atoms with E-state index in [9.17, 15) is 4.39 Å². The van der Waals surface area contributed by atoms with Gasteiger partial charge in [0.1, 0.15) is 17.3 Å². The van der Waals surface area contributed by atoms with Crippen LogP contribution in [0.3, 0.4) is 0 Å². The van der Waals surface area contributed by atoms with Crippen LogP contribution in [0.4, 0.5) is 4.39 Å². The zero-order valence-electron chi connectivity index (χ0n) is 10.6. The van der Waals surface area contributed by atoms with Gasteiger partial charge in [-0.05, 0) is 36.2 Å². The molecule has 0 fully saturated rings. The highest BCUT2D eigenvalue weighted by Crippen LogP contribution is 2.27. The number of ether oxygens (including phenoxy) is 1. The molecular weight excluding hydrogens is 265 g/mol. The molecule has 2 aromatic carbocycles. The standard InChI is InChI=1S/C15H15ClFNO/c1-2-15(18)10-3-5-11(6-4-10)19-12-7-8-14(17)13(16)9-12/h3-9,15H,2,18H2,1H3/t15-/m1/s1. The minimum atomic E-state index is -0.460. The number of rotatable bonds is 4. The van der Waals surface area contributed by atoms with Crippen LogP contribution in [0.5, 0.6) is 11.5 Å². The molecule has 19 heavy (non-hydrogen) atoms. The SMILES string of the molecule is CC[C@@H](N)c1ccc(Oc2ccc(F)c(Cl)c2)cc1. The Morgan fingerprint density at radius 2 is 1.79 bits per heavy atom. The Morgan fingerprint density at radius 1 is 1.16 bits per heavy atom. The quantitative estimate of drug-likeness (QED) is 0.882. The molecule has 2 N–H and O–H groups in total. The van der Waals surface area contributed by atoms with Crippen molar-refractivity contribution in [2.24, 2.45) is 5.73 Å². The Labute approximate surface area is 117 Å². The van der Waals surface area contributed by atoms with E-state index in [1.54, 1.807) is 0 Å². The highest BCUT2D eigenvalue weighted by atomic mass is 35.5. The van der Waals surface area contributed by atoms with Crippen LogP contribution in [0.2, 0.25) is 5.02 Å². The predicted octanol–water partition coefficient (Wildman–Crippen LogP) is 4.68. The lowest BCUT2D eigenvalue weighted by atomic mass is 10.1. The second-order valence-corrected chi connectivity index (χ2v) is 4.67. The summed E-state index contributed by atoms with van der Waals surface area (Å²) in [5, 5.41) is 0.0436. The second kappa shape index (κ2) is 6.04. The van der Waals surface area contributed by atoms with E-state index < -0.39 is 5.82 Å². The first-order valence-corrected chi connectivity index (χ1v) is 6.46. The average molecular weight is 280 g/mol. The molecule has 100 valence electrons. The zero-order chi connectivity index (χ0) is 13.8. The van der Waals surface area contributed by atoms with Crippen LogP contribution in [0, 0.1) is 5.82 Å². The van der Waals surface area contributed by atoms with Gasteiger partial charge >= 0.3 is 0 Å². The zero-order valence-corrected chi connectivity index (χ0v) is 11.3. The topological polar surface area (TPSA) is 35.2 Å². The van der Waals surface area contributed by atoms with E-state index in [0.717, 1.165) is 12.0 Å². The molecule has 0 unspecified atom stereocenters. The maximum absolute atomic E-state index is 13.0. The van der Waals surface area contributed by atoms with Crippen molar-refractivity contribution in [3.05, 3.63) is 58.9 Å². The molecule has 0 aromatic heterocycles. The first-order chi connectivity index (χ1) is 9.10. The summed E-state index contributed by atoms with van der Waals surface area (Å²) >= 11 is 5.69. The van der Waals surface area contributed by atoms with E-state index in [1.165, 1.54) is 18.2 Å². The number of hydrogen-bond acceptors (Lipinski definition) is 2. The van der Waals surface area contributed by atoms with E-state index in [2.05, 4.69) is 0 Å². The molecule has 2 nitrogen and oxygen atoms in total. The number of hydrogen-bond donors (Lipinski definition) is 1. The normalized spacial score (nSPS) is 12.2. The molecular formula is C15H15ClFNO. The number of benzene rings is 2. The largest absolute Gasteiger partial charge is 0.457 e. The van der Waals surface area contributed by atoms with Gasteiger partial charge in [0.05, 0.1) is 5.02 Å². The Kier molecular flexibility index (Phi) is 4.40. The summed E-state index contributed by atoms with van der Waals surface area (Å²) < 4.78 is 18.6. The van der Waals surface area contributed by atoms with Crippen molar-refractivity contribution in [1.82, 2.24) is 0 Å². The van der Waals surface area contributed by atoms with Gasteiger partial charge in [-0.3, -0.25) is 0 Å². The highest BCUT2D eigenvalue weighted by molar-refractivity contribution is 6.30. The molecule has 0 heterocycles. The van der Waals surface area contributed by atoms with Gasteiger partial charge in [0.15, 0.2) is 0 Å². The van der Waals surface area contributed by atoms with E-state index in [0.29, 0.717) is 11.5 Å². The van der Waals surface area contributed by atoms with Crippen molar-refractivity contribution < 1.29 is 9.13 Å². The fourth-order valence-corrected chi connectivity index (χ4v) is 1.87. The van der Waals surface area contributed by atoms with Crippen molar-refractivity contribution in [2.45, 2.75) is 19.4 Å². The third kappa shape index (κ3) is 3.46. The molecule has 0 bridgehead atoms. The lowest BCUT2D eigenvalue weighted by Gasteiger charge is -2.11. The maximum atomic E-state index is 13.0. The third-order valence-electron chi connectivity index (χ3n) is 2.87. The van der Waals surface area contributed by atoms with Crippen LogP contribution in [0.1, 0.15) is 24.9 Å². The van der Waals surface area contributed by atoms with E-state index >= 15 is 0 Å². The van der Waals surface area contributed by atoms with Gasteiger partial charge in [-0.25, -0.2) is 4.39 Å². The minimum Gasteiger partial charge on any atom is -0.457 e. The Morgan fingerprint density at radius 3 is 2.37 bits per heavy atom. The Balaban J connectivity index is 2.12. The highest BCUT2D eigenvalue weighted by Gasteiger charge is 2.05. The summed E-state index contributed by atoms with van der Waals surface area (Å²) in [4.78, 5) is 0. The van der Waals surface area contributed by atoms with Gasteiger partial charge in [-0.1, -0.05) is 30.7 Å². The maximum Gasteiger partial charge on any atom is 0.142 e. The Bertz CT molecular complexity index is 557. The summed E-state index contributed by atoms with van der Waals surface area (Å²) in [6.45, 7) is 2.04. The minimum absolute atomic E-state index is 0.0364. The summed E-state index contributed by atoms with van der Waals surface area (Å²) in [6, 6.07) is 11.8. The van der Waals surface area contributed by atoms with E-state index in [4.69, 9.17) is 22.1 Å². The molecule has 2 rings (SSSR count). The van der Waals surface area contributed by atoms with Gasteiger partial charge in [0, 0.05) is 12.1 Å². The first-order valence-electron chi connectivity index (χ1n) is 6.08. The molecule has 0 aliphatic rings. The average Bonchev–Trinajstić information content (AvgIpc) is 2.43. The van der Waals surface area contributed by atoms with Crippen LogP contribution in [0.25, 0.3) is 0 Å². The van der Waals surface area contributed by atoms with Gasteiger partial charge in [0.25, 0.3) is 0 Å².